The Morgan fingerprint density at radius 1 is 1.03 bits per heavy atom. The van der Waals surface area contributed by atoms with Gasteiger partial charge in [0.25, 0.3) is 0 Å². The second-order valence-electron chi connectivity index (χ2n) is 9.30. The Morgan fingerprint density at radius 2 is 1.74 bits per heavy atom. The highest BCUT2D eigenvalue weighted by molar-refractivity contribution is 5.99. The van der Waals surface area contributed by atoms with Gasteiger partial charge in [0.15, 0.2) is 5.78 Å². The summed E-state index contributed by atoms with van der Waals surface area (Å²) in [6.07, 6.45) is 1.58. The summed E-state index contributed by atoms with van der Waals surface area (Å²) in [5.41, 5.74) is 1.25. The molecule has 4 rings (SSSR count). The molecule has 2 fully saturated rings. The Hall–Kier alpha value is -2.70. The van der Waals surface area contributed by atoms with E-state index in [-0.39, 0.29) is 29.0 Å². The molecule has 166 valence electrons. The summed E-state index contributed by atoms with van der Waals surface area (Å²) >= 11 is 0. The average molecular weight is 428 g/mol. The van der Waals surface area contributed by atoms with Crippen LogP contribution in [0, 0.1) is 17.3 Å². The number of carbonyl (C=O) groups is 4. The maximum absolute atomic E-state index is 13.1. The molecule has 0 radical (unpaired) electrons. The van der Waals surface area contributed by atoms with Crippen molar-refractivity contribution in [3.05, 3.63) is 29.3 Å². The van der Waals surface area contributed by atoms with Crippen LogP contribution in [0.2, 0.25) is 0 Å². The first-order valence-electron chi connectivity index (χ1n) is 10.8. The van der Waals surface area contributed by atoms with Gasteiger partial charge in [-0.2, -0.15) is 0 Å². The zero-order valence-corrected chi connectivity index (χ0v) is 18.3. The second kappa shape index (κ2) is 7.77. The van der Waals surface area contributed by atoms with Gasteiger partial charge in [0, 0.05) is 38.2 Å². The number of Topliss-reactive ketones (excluding diaryl/α,β-unsaturated/α-hetero) is 1. The third-order valence-electron chi connectivity index (χ3n) is 7.37. The monoisotopic (exact) mass is 428 g/mol. The fraction of sp³-hybridized carbons (Fsp3) is 0.583. The zero-order valence-electron chi connectivity index (χ0n) is 18.3. The van der Waals surface area contributed by atoms with E-state index in [1.165, 1.54) is 20.8 Å². The van der Waals surface area contributed by atoms with Crippen molar-refractivity contribution in [1.29, 1.82) is 0 Å². The molecule has 1 aromatic carbocycles. The molecule has 0 N–H and O–H groups in total. The van der Waals surface area contributed by atoms with E-state index >= 15 is 0 Å². The molecule has 3 aliphatic rings. The number of ether oxygens (including phenoxy) is 3. The molecular formula is C24H28O7. The van der Waals surface area contributed by atoms with Gasteiger partial charge in [0.2, 0.25) is 0 Å². The summed E-state index contributed by atoms with van der Waals surface area (Å²) in [5, 5.41) is 0. The van der Waals surface area contributed by atoms with Crippen molar-refractivity contribution in [2.45, 2.75) is 71.5 Å². The smallest absolute Gasteiger partial charge is 0.308 e. The lowest BCUT2D eigenvalue weighted by molar-refractivity contribution is -0.171. The first-order chi connectivity index (χ1) is 14.6. The topological polar surface area (TPSA) is 96.0 Å². The number of hydrogen-bond donors (Lipinski definition) is 0. The van der Waals surface area contributed by atoms with Gasteiger partial charge < -0.3 is 14.2 Å². The Balaban J connectivity index is 1.67. The lowest BCUT2D eigenvalue weighted by Crippen LogP contribution is -2.47. The fourth-order valence-corrected chi connectivity index (χ4v) is 6.27. The molecule has 0 spiro atoms. The van der Waals surface area contributed by atoms with E-state index in [9.17, 15) is 19.2 Å². The van der Waals surface area contributed by atoms with Crippen LogP contribution in [0.3, 0.4) is 0 Å². The molecule has 0 saturated heterocycles. The number of benzene rings is 1. The van der Waals surface area contributed by atoms with Crippen molar-refractivity contribution < 1.29 is 33.4 Å². The van der Waals surface area contributed by atoms with Gasteiger partial charge >= 0.3 is 17.9 Å². The normalized spacial score (nSPS) is 33.5. The van der Waals surface area contributed by atoms with Gasteiger partial charge in [-0.25, -0.2) is 0 Å². The minimum atomic E-state index is -0.511. The maximum atomic E-state index is 13.1. The maximum Gasteiger partial charge on any atom is 0.308 e. The van der Waals surface area contributed by atoms with E-state index in [4.69, 9.17) is 14.2 Å². The van der Waals surface area contributed by atoms with Gasteiger partial charge in [-0.15, -0.1) is 0 Å². The van der Waals surface area contributed by atoms with E-state index in [1.807, 2.05) is 6.07 Å². The van der Waals surface area contributed by atoms with Crippen LogP contribution >= 0.6 is 0 Å². The SMILES string of the molecule is CC(=O)Oc1ccc2c(c1)C(=O)C[C@@H]1[C@@H]2CC[C@@]2(C)[C@@H]1C[C@@H](OC(C)=O)[C@@H]2OC(C)=O. The minimum Gasteiger partial charge on any atom is -0.459 e. The fourth-order valence-electron chi connectivity index (χ4n) is 6.27. The number of fused-ring (bicyclic) bond motifs is 5. The first-order valence-corrected chi connectivity index (χ1v) is 10.8. The molecule has 31 heavy (non-hydrogen) atoms. The largest absolute Gasteiger partial charge is 0.459 e. The summed E-state index contributed by atoms with van der Waals surface area (Å²) in [4.78, 5) is 47.9. The molecule has 0 aliphatic heterocycles. The predicted octanol–water partition coefficient (Wildman–Crippen LogP) is 3.58. The van der Waals surface area contributed by atoms with Gasteiger partial charge in [-0.3, -0.25) is 19.2 Å². The number of carbonyl (C=O) groups excluding carboxylic acids is 4. The average Bonchev–Trinajstić information content (AvgIpc) is 2.93. The predicted molar refractivity (Wildman–Crippen MR) is 109 cm³/mol. The van der Waals surface area contributed by atoms with Crippen molar-refractivity contribution in [3.63, 3.8) is 0 Å². The molecule has 2 saturated carbocycles. The molecule has 7 heteroatoms. The highest BCUT2D eigenvalue weighted by Crippen LogP contribution is 2.62. The Bertz CT molecular complexity index is 951. The number of ketones is 1. The standard InChI is InChI=1S/C24H28O7/c1-12(25)29-15-5-6-16-17-7-8-24(4)20(18(17)10-21(28)19(16)9-15)11-22(30-13(2)26)23(24)31-14(3)27/h5-6,9,17-18,20,22-23H,7-8,10-11H2,1-4H3/t17-,18-,20-,22-,23+,24+/m1/s1. The van der Waals surface area contributed by atoms with Crippen LogP contribution in [0.1, 0.15) is 75.2 Å². The van der Waals surface area contributed by atoms with E-state index in [1.54, 1.807) is 12.1 Å². The Kier molecular flexibility index (Phi) is 5.40. The van der Waals surface area contributed by atoms with Crippen LogP contribution in [-0.4, -0.2) is 35.9 Å². The van der Waals surface area contributed by atoms with Gasteiger partial charge in [0.1, 0.15) is 18.0 Å². The highest BCUT2D eigenvalue weighted by Gasteiger charge is 2.61. The lowest BCUT2D eigenvalue weighted by atomic mass is 9.55. The van der Waals surface area contributed by atoms with E-state index in [2.05, 4.69) is 6.92 Å². The molecule has 6 atom stereocenters. The molecular weight excluding hydrogens is 400 g/mol. The molecule has 1 aromatic rings. The Morgan fingerprint density at radius 3 is 2.39 bits per heavy atom. The van der Waals surface area contributed by atoms with Crippen LogP contribution in [0.15, 0.2) is 18.2 Å². The third kappa shape index (κ3) is 3.75. The zero-order chi connectivity index (χ0) is 22.5. The molecule has 0 heterocycles. The summed E-state index contributed by atoms with van der Waals surface area (Å²) in [5.74, 6) is -0.459. The van der Waals surface area contributed by atoms with Gasteiger partial charge in [0.05, 0.1) is 0 Å². The van der Waals surface area contributed by atoms with Crippen molar-refractivity contribution in [2.75, 3.05) is 0 Å². The molecule has 0 unspecified atom stereocenters. The van der Waals surface area contributed by atoms with Crippen molar-refractivity contribution >= 4 is 23.7 Å². The van der Waals surface area contributed by atoms with Gasteiger partial charge in [-0.1, -0.05) is 13.0 Å². The quantitative estimate of drug-likeness (QED) is 0.536. The van der Waals surface area contributed by atoms with E-state index in [0.29, 0.717) is 24.2 Å². The van der Waals surface area contributed by atoms with Crippen LogP contribution in [0.5, 0.6) is 5.75 Å². The number of rotatable bonds is 3. The molecule has 3 aliphatic carbocycles. The van der Waals surface area contributed by atoms with Crippen molar-refractivity contribution in [1.82, 2.24) is 0 Å². The van der Waals surface area contributed by atoms with E-state index in [0.717, 1.165) is 18.4 Å². The highest BCUT2D eigenvalue weighted by atomic mass is 16.6. The summed E-state index contributed by atoms with van der Waals surface area (Å²) in [6.45, 7) is 6.15. The summed E-state index contributed by atoms with van der Waals surface area (Å²) < 4.78 is 16.4. The molecule has 0 bridgehead atoms. The summed E-state index contributed by atoms with van der Waals surface area (Å²) in [6, 6.07) is 5.30. The Labute approximate surface area is 181 Å². The summed E-state index contributed by atoms with van der Waals surface area (Å²) in [7, 11) is 0. The molecule has 0 aromatic heterocycles. The van der Waals surface area contributed by atoms with Crippen molar-refractivity contribution in [2.24, 2.45) is 17.3 Å². The number of hydrogen-bond acceptors (Lipinski definition) is 7. The van der Waals surface area contributed by atoms with Crippen LogP contribution in [0.25, 0.3) is 0 Å². The van der Waals surface area contributed by atoms with Crippen molar-refractivity contribution in [3.8, 4) is 5.75 Å². The van der Waals surface area contributed by atoms with E-state index < -0.39 is 30.1 Å². The van der Waals surface area contributed by atoms with Gasteiger partial charge in [-0.05, 0) is 54.7 Å². The number of esters is 3. The van der Waals surface area contributed by atoms with Crippen LogP contribution in [0.4, 0.5) is 0 Å². The lowest BCUT2D eigenvalue weighted by Gasteiger charge is -2.49. The minimum absolute atomic E-state index is 0.0227. The molecule has 7 nitrogen and oxygen atoms in total. The second-order valence-corrected chi connectivity index (χ2v) is 9.30. The molecule has 0 amide bonds. The van der Waals surface area contributed by atoms with Crippen LogP contribution < -0.4 is 4.74 Å². The van der Waals surface area contributed by atoms with Crippen LogP contribution in [-0.2, 0) is 23.9 Å². The first kappa shape index (κ1) is 21.5. The third-order valence-corrected chi connectivity index (χ3v) is 7.37.